The summed E-state index contributed by atoms with van der Waals surface area (Å²) in [6.45, 7) is 4.05. The second-order valence-electron chi connectivity index (χ2n) is 4.18. The molecule has 0 unspecified atom stereocenters. The fraction of sp³-hybridized carbons (Fsp3) is 0.143. The number of oxime groups is 1. The molecular weight excluding hydrogens is 212 g/mol. The van der Waals surface area contributed by atoms with E-state index in [1.807, 2.05) is 32.1 Å². The van der Waals surface area contributed by atoms with Gasteiger partial charge in [0.15, 0.2) is 0 Å². The molecule has 1 aromatic rings. The molecule has 0 heterocycles. The molecule has 0 aromatic heterocycles. The van der Waals surface area contributed by atoms with Gasteiger partial charge in [-0.05, 0) is 25.5 Å². The van der Waals surface area contributed by atoms with Crippen molar-refractivity contribution in [3.05, 3.63) is 53.1 Å². The minimum atomic E-state index is 0.226. The third-order valence-electron chi connectivity index (χ3n) is 2.67. The zero-order valence-electron chi connectivity index (χ0n) is 9.86. The lowest BCUT2D eigenvalue weighted by Crippen LogP contribution is -2.15. The van der Waals surface area contributed by atoms with Crippen LogP contribution in [-0.2, 0) is 0 Å². The first kappa shape index (κ1) is 11.3. The fourth-order valence-corrected chi connectivity index (χ4v) is 2.01. The standard InChI is InChI=1S/C14H14N2O/c1-9-6-10(2)8-11(7-9)12-4-3-5-13(15)14(12)16-17/h3-8,15,17H,1-2H3/b15-13?,16-14-. The van der Waals surface area contributed by atoms with E-state index in [-0.39, 0.29) is 5.71 Å². The Morgan fingerprint density at radius 1 is 1.12 bits per heavy atom. The molecule has 0 bridgehead atoms. The summed E-state index contributed by atoms with van der Waals surface area (Å²) < 4.78 is 0. The van der Waals surface area contributed by atoms with Crippen LogP contribution in [0.4, 0.5) is 0 Å². The summed E-state index contributed by atoms with van der Waals surface area (Å²) >= 11 is 0. The van der Waals surface area contributed by atoms with Gasteiger partial charge in [-0.1, -0.05) is 46.6 Å². The minimum Gasteiger partial charge on any atom is -0.410 e. The lowest BCUT2D eigenvalue weighted by molar-refractivity contribution is 0.321. The summed E-state index contributed by atoms with van der Waals surface area (Å²) in [7, 11) is 0. The largest absolute Gasteiger partial charge is 0.410 e. The van der Waals surface area contributed by atoms with Crippen LogP contribution in [0.15, 0.2) is 41.6 Å². The van der Waals surface area contributed by atoms with Crippen LogP contribution < -0.4 is 0 Å². The highest BCUT2D eigenvalue weighted by Gasteiger charge is 2.16. The van der Waals surface area contributed by atoms with Crippen molar-refractivity contribution in [1.29, 1.82) is 5.41 Å². The molecule has 0 fully saturated rings. The number of aryl methyl sites for hydroxylation is 2. The second kappa shape index (κ2) is 4.37. The average Bonchev–Trinajstić information content (AvgIpc) is 2.27. The van der Waals surface area contributed by atoms with Gasteiger partial charge in [-0.15, -0.1) is 0 Å². The van der Waals surface area contributed by atoms with Gasteiger partial charge in [0.05, 0.1) is 5.71 Å². The molecule has 0 saturated carbocycles. The molecule has 1 aliphatic carbocycles. The van der Waals surface area contributed by atoms with E-state index in [0.29, 0.717) is 5.71 Å². The number of allylic oxidation sites excluding steroid dienone is 4. The Balaban J connectivity index is 2.56. The van der Waals surface area contributed by atoms with Gasteiger partial charge in [-0.25, -0.2) is 0 Å². The molecule has 0 amide bonds. The highest BCUT2D eigenvalue weighted by atomic mass is 16.4. The summed E-state index contributed by atoms with van der Waals surface area (Å²) in [5.41, 5.74) is 4.61. The van der Waals surface area contributed by atoms with Gasteiger partial charge >= 0.3 is 0 Å². The van der Waals surface area contributed by atoms with Gasteiger partial charge in [-0.2, -0.15) is 0 Å². The van der Waals surface area contributed by atoms with Crippen molar-refractivity contribution in [3.8, 4) is 0 Å². The quantitative estimate of drug-likeness (QED) is 0.431. The molecule has 1 aromatic carbocycles. The van der Waals surface area contributed by atoms with Gasteiger partial charge in [-0.3, -0.25) is 5.41 Å². The maximum absolute atomic E-state index is 9.00. The predicted octanol–water partition coefficient (Wildman–Crippen LogP) is 3.11. The van der Waals surface area contributed by atoms with Crippen molar-refractivity contribution >= 4 is 17.0 Å². The highest BCUT2D eigenvalue weighted by molar-refractivity contribution is 6.60. The normalized spacial score (nSPS) is 17.4. The molecule has 2 rings (SSSR count). The molecule has 0 atom stereocenters. The van der Waals surface area contributed by atoms with Gasteiger partial charge in [0, 0.05) is 5.57 Å². The van der Waals surface area contributed by atoms with E-state index in [1.54, 1.807) is 12.2 Å². The second-order valence-corrected chi connectivity index (χ2v) is 4.18. The van der Waals surface area contributed by atoms with Crippen LogP contribution in [0, 0.1) is 19.3 Å². The molecule has 1 aliphatic rings. The van der Waals surface area contributed by atoms with E-state index in [1.165, 1.54) is 0 Å². The van der Waals surface area contributed by atoms with E-state index < -0.39 is 0 Å². The maximum Gasteiger partial charge on any atom is 0.135 e. The number of hydrogen-bond donors (Lipinski definition) is 2. The molecule has 17 heavy (non-hydrogen) atoms. The maximum atomic E-state index is 9.00. The van der Waals surface area contributed by atoms with Gasteiger partial charge in [0.1, 0.15) is 5.71 Å². The lowest BCUT2D eigenvalue weighted by Gasteiger charge is -2.13. The summed E-state index contributed by atoms with van der Waals surface area (Å²) in [5, 5.41) is 19.9. The number of hydrogen-bond acceptors (Lipinski definition) is 3. The van der Waals surface area contributed by atoms with Crippen molar-refractivity contribution < 1.29 is 5.21 Å². The Labute approximate surface area is 100 Å². The zero-order valence-corrected chi connectivity index (χ0v) is 9.86. The highest BCUT2D eigenvalue weighted by Crippen LogP contribution is 2.22. The smallest absolute Gasteiger partial charge is 0.135 e. The zero-order chi connectivity index (χ0) is 12.4. The van der Waals surface area contributed by atoms with Crippen molar-refractivity contribution in [2.45, 2.75) is 13.8 Å². The summed E-state index contributed by atoms with van der Waals surface area (Å²) in [4.78, 5) is 0. The van der Waals surface area contributed by atoms with Crippen molar-refractivity contribution in [3.63, 3.8) is 0 Å². The summed E-state index contributed by atoms with van der Waals surface area (Å²) in [6, 6.07) is 6.14. The third kappa shape index (κ3) is 2.18. The predicted molar refractivity (Wildman–Crippen MR) is 70.0 cm³/mol. The van der Waals surface area contributed by atoms with Crippen LogP contribution in [0.5, 0.6) is 0 Å². The molecular formula is C14H14N2O. The number of benzene rings is 1. The van der Waals surface area contributed by atoms with Crippen molar-refractivity contribution in [2.75, 3.05) is 0 Å². The molecule has 0 radical (unpaired) electrons. The molecule has 0 aliphatic heterocycles. The summed E-state index contributed by atoms with van der Waals surface area (Å²) in [6.07, 6.45) is 5.27. The first-order valence-corrected chi connectivity index (χ1v) is 5.40. The Morgan fingerprint density at radius 2 is 1.76 bits per heavy atom. The third-order valence-corrected chi connectivity index (χ3v) is 2.67. The van der Waals surface area contributed by atoms with Gasteiger partial charge in [0.2, 0.25) is 0 Å². The van der Waals surface area contributed by atoms with E-state index in [2.05, 4.69) is 11.2 Å². The average molecular weight is 226 g/mol. The van der Waals surface area contributed by atoms with Gasteiger partial charge in [0.25, 0.3) is 0 Å². The molecule has 2 N–H and O–H groups in total. The Bertz CT molecular complexity index is 545. The monoisotopic (exact) mass is 226 g/mol. The molecule has 0 spiro atoms. The molecule has 3 nitrogen and oxygen atoms in total. The lowest BCUT2D eigenvalue weighted by atomic mass is 9.92. The van der Waals surface area contributed by atoms with Crippen LogP contribution in [0.1, 0.15) is 16.7 Å². The molecule has 3 heteroatoms. The number of nitrogens with one attached hydrogen (secondary N) is 1. The van der Waals surface area contributed by atoms with E-state index in [0.717, 1.165) is 22.3 Å². The van der Waals surface area contributed by atoms with Crippen LogP contribution in [0.25, 0.3) is 5.57 Å². The number of rotatable bonds is 1. The SMILES string of the molecule is Cc1cc(C)cc(C2=CC=CC(=N)/C2=N\O)c1. The van der Waals surface area contributed by atoms with E-state index >= 15 is 0 Å². The summed E-state index contributed by atoms with van der Waals surface area (Å²) in [5.74, 6) is 0. The molecule has 0 saturated heterocycles. The van der Waals surface area contributed by atoms with Crippen LogP contribution in [0.3, 0.4) is 0 Å². The van der Waals surface area contributed by atoms with Crippen molar-refractivity contribution in [2.24, 2.45) is 5.16 Å². The topological polar surface area (TPSA) is 56.4 Å². The Hall–Kier alpha value is -2.16. The fourth-order valence-electron chi connectivity index (χ4n) is 2.01. The van der Waals surface area contributed by atoms with Crippen LogP contribution >= 0.6 is 0 Å². The number of nitrogens with zero attached hydrogens (tertiary/aromatic N) is 1. The van der Waals surface area contributed by atoms with Gasteiger partial charge < -0.3 is 5.21 Å². The first-order valence-electron chi connectivity index (χ1n) is 5.40. The van der Waals surface area contributed by atoms with E-state index in [4.69, 9.17) is 10.6 Å². The van der Waals surface area contributed by atoms with Crippen LogP contribution in [-0.4, -0.2) is 16.6 Å². The minimum absolute atomic E-state index is 0.226. The first-order chi connectivity index (χ1) is 8.11. The van der Waals surface area contributed by atoms with Crippen molar-refractivity contribution in [1.82, 2.24) is 0 Å². The van der Waals surface area contributed by atoms with E-state index in [9.17, 15) is 0 Å². The van der Waals surface area contributed by atoms with Crippen LogP contribution in [0.2, 0.25) is 0 Å². The molecule has 86 valence electrons. The Morgan fingerprint density at radius 3 is 2.35 bits per heavy atom. The Kier molecular flexibility index (Phi) is 2.91.